The standard InChI is InChI=1S/C18H15NO4/c1-2-23-17(20)14-8-5-7-12(10-14)16-11-13-6-3-4-9-15(13)19(16)18(21)22/h3-11H,2H2,1H3,(H,21,22). The number of ether oxygens (including phenoxy) is 1. The number of carboxylic acid groups (broad SMARTS) is 1. The van der Waals surface area contributed by atoms with Crippen LogP contribution in [-0.4, -0.2) is 28.3 Å². The van der Waals surface area contributed by atoms with Gasteiger partial charge in [0.25, 0.3) is 0 Å². The first kappa shape index (κ1) is 14.8. The summed E-state index contributed by atoms with van der Waals surface area (Å²) in [5.74, 6) is -0.424. The van der Waals surface area contributed by atoms with Gasteiger partial charge in [0.2, 0.25) is 0 Å². The fourth-order valence-electron chi connectivity index (χ4n) is 2.59. The first-order valence-electron chi connectivity index (χ1n) is 7.23. The topological polar surface area (TPSA) is 68.5 Å². The van der Waals surface area contributed by atoms with Crippen LogP contribution < -0.4 is 0 Å². The molecule has 1 N–H and O–H groups in total. The molecule has 0 amide bonds. The van der Waals surface area contributed by atoms with E-state index in [1.165, 1.54) is 4.57 Å². The summed E-state index contributed by atoms with van der Waals surface area (Å²) in [6, 6.07) is 15.8. The number of fused-ring (bicyclic) bond motifs is 1. The van der Waals surface area contributed by atoms with E-state index in [1.54, 1.807) is 49.4 Å². The number of nitrogens with zero attached hydrogens (tertiary/aromatic N) is 1. The summed E-state index contributed by atoms with van der Waals surface area (Å²) in [6.07, 6.45) is -1.07. The molecule has 5 nitrogen and oxygen atoms in total. The second-order valence-corrected chi connectivity index (χ2v) is 5.01. The summed E-state index contributed by atoms with van der Waals surface area (Å²) in [5, 5.41) is 10.4. The number of benzene rings is 2. The Morgan fingerprint density at radius 2 is 1.87 bits per heavy atom. The van der Waals surface area contributed by atoms with Crippen LogP contribution in [0, 0.1) is 0 Å². The van der Waals surface area contributed by atoms with E-state index >= 15 is 0 Å². The molecule has 0 radical (unpaired) electrons. The number of carbonyl (C=O) groups is 2. The number of hydrogen-bond acceptors (Lipinski definition) is 3. The van der Waals surface area contributed by atoms with Gasteiger partial charge >= 0.3 is 12.1 Å². The Morgan fingerprint density at radius 1 is 1.09 bits per heavy atom. The number of hydrogen-bond donors (Lipinski definition) is 1. The van der Waals surface area contributed by atoms with Gasteiger partial charge in [-0.05, 0) is 36.8 Å². The van der Waals surface area contributed by atoms with Gasteiger partial charge in [-0.25, -0.2) is 14.2 Å². The van der Waals surface area contributed by atoms with Crippen LogP contribution in [-0.2, 0) is 4.74 Å². The molecule has 3 rings (SSSR count). The van der Waals surface area contributed by atoms with Crippen LogP contribution in [0.2, 0.25) is 0 Å². The summed E-state index contributed by atoms with van der Waals surface area (Å²) < 4.78 is 6.22. The SMILES string of the molecule is CCOC(=O)c1cccc(-c2cc3ccccc3n2C(=O)O)c1. The van der Waals surface area contributed by atoms with Gasteiger partial charge in [0.1, 0.15) is 0 Å². The molecule has 116 valence electrons. The summed E-state index contributed by atoms with van der Waals surface area (Å²) in [7, 11) is 0. The van der Waals surface area contributed by atoms with Crippen molar-refractivity contribution in [1.82, 2.24) is 4.57 Å². The zero-order valence-corrected chi connectivity index (χ0v) is 12.5. The molecule has 3 aromatic rings. The molecule has 0 spiro atoms. The quantitative estimate of drug-likeness (QED) is 0.742. The number of carbonyl (C=O) groups excluding carboxylic acids is 1. The lowest BCUT2D eigenvalue weighted by Gasteiger charge is -2.07. The van der Waals surface area contributed by atoms with Crippen molar-refractivity contribution in [2.45, 2.75) is 6.92 Å². The highest BCUT2D eigenvalue weighted by Crippen LogP contribution is 2.28. The Hall–Kier alpha value is -3.08. The maximum atomic E-state index is 11.9. The molecule has 0 bridgehead atoms. The zero-order chi connectivity index (χ0) is 16.4. The predicted molar refractivity (Wildman–Crippen MR) is 86.8 cm³/mol. The molecule has 0 atom stereocenters. The van der Waals surface area contributed by atoms with E-state index in [0.717, 1.165) is 5.39 Å². The summed E-state index contributed by atoms with van der Waals surface area (Å²) >= 11 is 0. The Balaban J connectivity index is 2.17. The maximum Gasteiger partial charge on any atom is 0.416 e. The highest BCUT2D eigenvalue weighted by molar-refractivity contribution is 5.97. The second-order valence-electron chi connectivity index (χ2n) is 5.01. The Morgan fingerprint density at radius 3 is 2.61 bits per heavy atom. The van der Waals surface area contributed by atoms with Crippen molar-refractivity contribution < 1.29 is 19.4 Å². The van der Waals surface area contributed by atoms with Crippen molar-refractivity contribution >= 4 is 23.0 Å². The molecule has 0 fully saturated rings. The van der Waals surface area contributed by atoms with E-state index in [0.29, 0.717) is 28.9 Å². The molecule has 2 aromatic carbocycles. The Kier molecular flexibility index (Phi) is 3.85. The van der Waals surface area contributed by atoms with E-state index in [1.807, 2.05) is 12.1 Å². The first-order valence-corrected chi connectivity index (χ1v) is 7.23. The largest absolute Gasteiger partial charge is 0.464 e. The summed E-state index contributed by atoms with van der Waals surface area (Å²) in [6.45, 7) is 2.03. The minimum atomic E-state index is -1.07. The van der Waals surface area contributed by atoms with Crippen molar-refractivity contribution in [2.75, 3.05) is 6.61 Å². The lowest BCUT2D eigenvalue weighted by atomic mass is 10.1. The average molecular weight is 309 g/mol. The Labute approximate surface area is 132 Å². The number of para-hydroxylation sites is 1. The highest BCUT2D eigenvalue weighted by atomic mass is 16.5. The van der Waals surface area contributed by atoms with Gasteiger partial charge < -0.3 is 9.84 Å². The van der Waals surface area contributed by atoms with E-state index in [4.69, 9.17) is 4.74 Å². The van der Waals surface area contributed by atoms with E-state index in [-0.39, 0.29) is 0 Å². The number of esters is 1. The number of aromatic nitrogens is 1. The highest BCUT2D eigenvalue weighted by Gasteiger charge is 2.16. The van der Waals surface area contributed by atoms with Crippen molar-refractivity contribution in [2.24, 2.45) is 0 Å². The van der Waals surface area contributed by atoms with Crippen LogP contribution in [0.3, 0.4) is 0 Å². The van der Waals surface area contributed by atoms with Gasteiger partial charge in [-0.2, -0.15) is 0 Å². The van der Waals surface area contributed by atoms with Gasteiger partial charge in [-0.15, -0.1) is 0 Å². The third-order valence-electron chi connectivity index (χ3n) is 3.57. The van der Waals surface area contributed by atoms with Crippen LogP contribution in [0.4, 0.5) is 4.79 Å². The third-order valence-corrected chi connectivity index (χ3v) is 3.57. The molecule has 1 heterocycles. The smallest absolute Gasteiger partial charge is 0.416 e. The summed E-state index contributed by atoms with van der Waals surface area (Å²) in [4.78, 5) is 23.5. The maximum absolute atomic E-state index is 11.9. The van der Waals surface area contributed by atoms with Crippen molar-refractivity contribution in [3.63, 3.8) is 0 Å². The van der Waals surface area contributed by atoms with Gasteiger partial charge in [-0.3, -0.25) is 0 Å². The molecule has 5 heteroatoms. The lowest BCUT2D eigenvalue weighted by molar-refractivity contribution is 0.0526. The van der Waals surface area contributed by atoms with Gasteiger partial charge in [0.05, 0.1) is 23.4 Å². The fraction of sp³-hybridized carbons (Fsp3) is 0.111. The van der Waals surface area contributed by atoms with Gasteiger partial charge in [0.15, 0.2) is 0 Å². The molecule has 0 aliphatic carbocycles. The first-order chi connectivity index (χ1) is 11.1. The molecule has 23 heavy (non-hydrogen) atoms. The Bertz CT molecular complexity index is 895. The third kappa shape index (κ3) is 2.68. The average Bonchev–Trinajstić information content (AvgIpc) is 2.95. The van der Waals surface area contributed by atoms with Gasteiger partial charge in [0, 0.05) is 5.39 Å². The van der Waals surface area contributed by atoms with E-state index in [9.17, 15) is 14.7 Å². The summed E-state index contributed by atoms with van der Waals surface area (Å²) in [5.41, 5.74) is 2.17. The van der Waals surface area contributed by atoms with Crippen molar-refractivity contribution in [3.05, 3.63) is 60.2 Å². The molecule has 0 aliphatic rings. The normalized spacial score (nSPS) is 10.7. The van der Waals surface area contributed by atoms with Crippen molar-refractivity contribution in [3.8, 4) is 11.3 Å². The predicted octanol–water partition coefficient (Wildman–Crippen LogP) is 4.01. The molecule has 0 aliphatic heterocycles. The molecule has 0 saturated carbocycles. The molecular formula is C18H15NO4. The zero-order valence-electron chi connectivity index (χ0n) is 12.5. The second kappa shape index (κ2) is 5.96. The van der Waals surface area contributed by atoms with E-state index in [2.05, 4.69) is 0 Å². The fourth-order valence-corrected chi connectivity index (χ4v) is 2.59. The van der Waals surface area contributed by atoms with Crippen LogP contribution >= 0.6 is 0 Å². The van der Waals surface area contributed by atoms with Crippen molar-refractivity contribution in [1.29, 1.82) is 0 Å². The van der Waals surface area contributed by atoms with Crippen LogP contribution in [0.1, 0.15) is 17.3 Å². The lowest BCUT2D eigenvalue weighted by Crippen LogP contribution is -2.09. The minimum Gasteiger partial charge on any atom is -0.464 e. The molecule has 1 aromatic heterocycles. The number of rotatable bonds is 3. The molecule has 0 saturated heterocycles. The van der Waals surface area contributed by atoms with Crippen LogP contribution in [0.15, 0.2) is 54.6 Å². The molecular weight excluding hydrogens is 294 g/mol. The van der Waals surface area contributed by atoms with Gasteiger partial charge in [-0.1, -0.05) is 30.3 Å². The monoisotopic (exact) mass is 309 g/mol. The minimum absolute atomic E-state index is 0.290. The van der Waals surface area contributed by atoms with Crippen LogP contribution in [0.5, 0.6) is 0 Å². The van der Waals surface area contributed by atoms with E-state index < -0.39 is 12.1 Å². The van der Waals surface area contributed by atoms with Crippen LogP contribution in [0.25, 0.3) is 22.2 Å². The molecule has 0 unspecified atom stereocenters.